The number of aryl methyl sites for hydroxylation is 1. The SMILES string of the molecule is NC(CCCc1ccccc1)CSC1CCCCC1. The first kappa shape index (κ1) is 14.9. The van der Waals surface area contributed by atoms with E-state index in [0.29, 0.717) is 6.04 Å². The van der Waals surface area contributed by atoms with Gasteiger partial charge in [-0.15, -0.1) is 0 Å². The Morgan fingerprint density at radius 3 is 2.58 bits per heavy atom. The molecule has 2 N–H and O–H groups in total. The summed E-state index contributed by atoms with van der Waals surface area (Å²) < 4.78 is 0. The van der Waals surface area contributed by atoms with Crippen molar-refractivity contribution in [2.24, 2.45) is 5.73 Å². The largest absolute Gasteiger partial charge is 0.327 e. The van der Waals surface area contributed by atoms with Gasteiger partial charge in [0.15, 0.2) is 0 Å². The Morgan fingerprint density at radius 1 is 1.11 bits per heavy atom. The van der Waals surface area contributed by atoms with Crippen molar-refractivity contribution in [3.63, 3.8) is 0 Å². The molecular formula is C17H27NS. The lowest BCUT2D eigenvalue weighted by molar-refractivity contribution is 0.515. The van der Waals surface area contributed by atoms with Crippen LogP contribution in [0, 0.1) is 0 Å². The van der Waals surface area contributed by atoms with Crippen molar-refractivity contribution in [3.05, 3.63) is 35.9 Å². The summed E-state index contributed by atoms with van der Waals surface area (Å²) >= 11 is 2.13. The van der Waals surface area contributed by atoms with Crippen molar-refractivity contribution < 1.29 is 0 Å². The van der Waals surface area contributed by atoms with Crippen molar-refractivity contribution >= 4 is 11.8 Å². The highest BCUT2D eigenvalue weighted by molar-refractivity contribution is 7.99. The van der Waals surface area contributed by atoms with Gasteiger partial charge in [-0.1, -0.05) is 49.6 Å². The van der Waals surface area contributed by atoms with Gasteiger partial charge in [0.1, 0.15) is 0 Å². The summed E-state index contributed by atoms with van der Waals surface area (Å²) in [6.07, 6.45) is 10.7. The molecule has 1 nitrogen and oxygen atoms in total. The van der Waals surface area contributed by atoms with Crippen LogP contribution in [0.1, 0.15) is 50.5 Å². The van der Waals surface area contributed by atoms with Crippen LogP contribution in [0.25, 0.3) is 0 Å². The van der Waals surface area contributed by atoms with Crippen LogP contribution in [0.4, 0.5) is 0 Å². The summed E-state index contributed by atoms with van der Waals surface area (Å²) in [4.78, 5) is 0. The average Bonchev–Trinajstić information content (AvgIpc) is 2.47. The molecule has 19 heavy (non-hydrogen) atoms. The molecule has 0 heterocycles. The van der Waals surface area contributed by atoms with Gasteiger partial charge in [-0.2, -0.15) is 11.8 Å². The Bertz CT molecular complexity index is 332. The van der Waals surface area contributed by atoms with Gasteiger partial charge in [-0.3, -0.25) is 0 Å². The molecule has 2 rings (SSSR count). The van der Waals surface area contributed by atoms with Gasteiger partial charge in [-0.05, 0) is 37.7 Å². The molecule has 0 spiro atoms. The monoisotopic (exact) mass is 277 g/mol. The molecule has 0 aromatic heterocycles. The molecule has 1 aliphatic rings. The van der Waals surface area contributed by atoms with Crippen molar-refractivity contribution in [2.75, 3.05) is 5.75 Å². The number of thioether (sulfide) groups is 1. The first-order chi connectivity index (χ1) is 9.34. The summed E-state index contributed by atoms with van der Waals surface area (Å²) in [6, 6.07) is 11.1. The van der Waals surface area contributed by atoms with Gasteiger partial charge in [0.2, 0.25) is 0 Å². The van der Waals surface area contributed by atoms with E-state index in [9.17, 15) is 0 Å². The maximum absolute atomic E-state index is 6.23. The van der Waals surface area contributed by atoms with E-state index in [1.807, 2.05) is 0 Å². The molecular weight excluding hydrogens is 250 g/mol. The lowest BCUT2D eigenvalue weighted by Crippen LogP contribution is -2.24. The Morgan fingerprint density at radius 2 is 1.84 bits per heavy atom. The molecule has 2 heteroatoms. The van der Waals surface area contributed by atoms with Gasteiger partial charge in [0.25, 0.3) is 0 Å². The fourth-order valence-electron chi connectivity index (χ4n) is 2.79. The van der Waals surface area contributed by atoms with Gasteiger partial charge in [0, 0.05) is 17.0 Å². The van der Waals surface area contributed by atoms with Crippen LogP contribution in [0.5, 0.6) is 0 Å². The zero-order chi connectivity index (χ0) is 13.3. The lowest BCUT2D eigenvalue weighted by Gasteiger charge is -2.22. The molecule has 1 fully saturated rings. The van der Waals surface area contributed by atoms with Crippen molar-refractivity contribution in [1.29, 1.82) is 0 Å². The molecule has 1 aromatic carbocycles. The van der Waals surface area contributed by atoms with Crippen LogP contribution in [-0.2, 0) is 6.42 Å². The van der Waals surface area contributed by atoms with Crippen LogP contribution in [-0.4, -0.2) is 17.0 Å². The van der Waals surface area contributed by atoms with Gasteiger partial charge >= 0.3 is 0 Å². The number of hydrogen-bond donors (Lipinski definition) is 1. The van der Waals surface area contributed by atoms with E-state index >= 15 is 0 Å². The van der Waals surface area contributed by atoms with Crippen LogP contribution in [0.3, 0.4) is 0 Å². The number of nitrogens with two attached hydrogens (primary N) is 1. The zero-order valence-electron chi connectivity index (χ0n) is 11.9. The predicted octanol–water partition coefficient (Wildman–Crippen LogP) is 4.40. The molecule has 0 saturated heterocycles. The van der Waals surface area contributed by atoms with E-state index in [1.165, 1.54) is 50.5 Å². The van der Waals surface area contributed by atoms with Crippen molar-refractivity contribution in [3.8, 4) is 0 Å². The maximum atomic E-state index is 6.23. The molecule has 0 amide bonds. The normalized spacial score (nSPS) is 18.4. The van der Waals surface area contributed by atoms with Crippen LogP contribution in [0.15, 0.2) is 30.3 Å². The van der Waals surface area contributed by atoms with E-state index in [0.717, 1.165) is 17.4 Å². The first-order valence-electron chi connectivity index (χ1n) is 7.75. The Labute approximate surface area is 122 Å². The van der Waals surface area contributed by atoms with Crippen LogP contribution < -0.4 is 5.73 Å². The molecule has 1 saturated carbocycles. The van der Waals surface area contributed by atoms with Crippen LogP contribution in [0.2, 0.25) is 0 Å². The molecule has 1 aliphatic carbocycles. The third kappa shape index (κ3) is 6.01. The highest BCUT2D eigenvalue weighted by atomic mass is 32.2. The number of rotatable bonds is 7. The summed E-state index contributed by atoms with van der Waals surface area (Å²) in [5, 5.41) is 0.897. The topological polar surface area (TPSA) is 26.0 Å². The van der Waals surface area contributed by atoms with Gasteiger partial charge in [0.05, 0.1) is 0 Å². The summed E-state index contributed by atoms with van der Waals surface area (Å²) in [5.41, 5.74) is 7.67. The third-order valence-electron chi connectivity index (χ3n) is 3.98. The second-order valence-corrected chi connectivity index (χ2v) is 7.06. The highest BCUT2D eigenvalue weighted by Crippen LogP contribution is 2.28. The second-order valence-electron chi connectivity index (χ2n) is 5.73. The summed E-state index contributed by atoms with van der Waals surface area (Å²) in [6.45, 7) is 0. The third-order valence-corrected chi connectivity index (χ3v) is 5.54. The lowest BCUT2D eigenvalue weighted by atomic mass is 10.0. The van der Waals surface area contributed by atoms with E-state index in [1.54, 1.807) is 0 Å². The molecule has 0 radical (unpaired) electrons. The molecule has 106 valence electrons. The fraction of sp³-hybridized carbons (Fsp3) is 0.647. The Balaban J connectivity index is 1.55. The van der Waals surface area contributed by atoms with Crippen LogP contribution >= 0.6 is 11.8 Å². The average molecular weight is 277 g/mol. The van der Waals surface area contributed by atoms with E-state index < -0.39 is 0 Å². The van der Waals surface area contributed by atoms with Crippen molar-refractivity contribution in [1.82, 2.24) is 0 Å². The second kappa shape index (κ2) is 8.65. The van der Waals surface area contributed by atoms with E-state index in [4.69, 9.17) is 5.73 Å². The standard InChI is InChI=1S/C17H27NS/c18-16(14-19-17-12-5-2-6-13-17)11-7-10-15-8-3-1-4-9-15/h1,3-4,8-9,16-17H,2,5-7,10-14,18H2. The molecule has 1 aromatic rings. The van der Waals surface area contributed by atoms with E-state index in [2.05, 4.69) is 42.1 Å². The zero-order valence-corrected chi connectivity index (χ0v) is 12.7. The minimum absolute atomic E-state index is 0.385. The number of hydrogen-bond acceptors (Lipinski definition) is 2. The van der Waals surface area contributed by atoms with Crippen molar-refractivity contribution in [2.45, 2.75) is 62.7 Å². The maximum Gasteiger partial charge on any atom is 0.0130 e. The van der Waals surface area contributed by atoms with Gasteiger partial charge in [-0.25, -0.2) is 0 Å². The van der Waals surface area contributed by atoms with E-state index in [-0.39, 0.29) is 0 Å². The Hall–Kier alpha value is -0.470. The summed E-state index contributed by atoms with van der Waals surface area (Å²) in [5.74, 6) is 1.15. The minimum Gasteiger partial charge on any atom is -0.327 e. The molecule has 0 aliphatic heterocycles. The van der Waals surface area contributed by atoms with Gasteiger partial charge < -0.3 is 5.73 Å². The predicted molar refractivity (Wildman–Crippen MR) is 86.7 cm³/mol. The molecule has 1 atom stereocenters. The fourth-order valence-corrected chi connectivity index (χ4v) is 4.14. The molecule has 0 bridgehead atoms. The number of benzene rings is 1. The summed E-state index contributed by atoms with van der Waals surface area (Å²) in [7, 11) is 0. The first-order valence-corrected chi connectivity index (χ1v) is 8.80. The molecule has 1 unspecified atom stereocenters. The smallest absolute Gasteiger partial charge is 0.0130 e. The minimum atomic E-state index is 0.385. The quantitative estimate of drug-likeness (QED) is 0.799. The Kier molecular flexibility index (Phi) is 6.80. The highest BCUT2D eigenvalue weighted by Gasteiger charge is 2.14.